The summed E-state index contributed by atoms with van der Waals surface area (Å²) in [7, 11) is 0. The first-order valence-corrected chi connectivity index (χ1v) is 5.21. The summed E-state index contributed by atoms with van der Waals surface area (Å²) in [6.07, 6.45) is 2.56. The summed E-state index contributed by atoms with van der Waals surface area (Å²) in [5.74, 6) is 0.614. The predicted molar refractivity (Wildman–Crippen MR) is 53.3 cm³/mol. The normalized spacial score (nSPS) is 13.2. The van der Waals surface area contributed by atoms with Crippen LogP contribution in [0.5, 0.6) is 10.3 Å². The number of hydrogen-bond acceptors (Lipinski definition) is 4. The Morgan fingerprint density at radius 1 is 1.54 bits per heavy atom. The molecule has 1 aromatic rings. The third kappa shape index (κ3) is 3.63. The van der Waals surface area contributed by atoms with Crippen molar-refractivity contribution in [2.24, 2.45) is 5.92 Å². The molecule has 1 heterocycles. The molecule has 3 nitrogen and oxygen atoms in total. The van der Waals surface area contributed by atoms with Crippen LogP contribution in [0.3, 0.4) is 0 Å². The van der Waals surface area contributed by atoms with Gasteiger partial charge in [0.1, 0.15) is 0 Å². The van der Waals surface area contributed by atoms with Crippen LogP contribution in [0.25, 0.3) is 0 Å². The minimum atomic E-state index is 0.158. The summed E-state index contributed by atoms with van der Waals surface area (Å²) in [5, 5.41) is 9.77. The van der Waals surface area contributed by atoms with Crippen LogP contribution in [-0.4, -0.2) is 16.2 Å². The van der Waals surface area contributed by atoms with E-state index in [0.717, 1.165) is 6.42 Å². The van der Waals surface area contributed by atoms with Crippen molar-refractivity contribution in [3.8, 4) is 10.3 Å². The molecular weight excluding hydrogens is 186 g/mol. The largest absolute Gasteiger partial charge is 0.498 e. The van der Waals surface area contributed by atoms with Crippen molar-refractivity contribution in [1.29, 1.82) is 0 Å². The van der Waals surface area contributed by atoms with E-state index in [1.54, 1.807) is 0 Å². The fourth-order valence-electron chi connectivity index (χ4n) is 1.19. The van der Waals surface area contributed by atoms with Gasteiger partial charge in [-0.05, 0) is 30.6 Å². The monoisotopic (exact) mass is 201 g/mol. The number of rotatable bonds is 4. The molecule has 74 valence electrons. The van der Waals surface area contributed by atoms with Crippen molar-refractivity contribution < 1.29 is 9.84 Å². The van der Waals surface area contributed by atoms with Crippen molar-refractivity contribution >= 4 is 11.3 Å². The van der Waals surface area contributed by atoms with Crippen molar-refractivity contribution in [3.63, 3.8) is 0 Å². The second-order valence-electron chi connectivity index (χ2n) is 3.52. The van der Waals surface area contributed by atoms with Crippen molar-refractivity contribution in [1.82, 2.24) is 4.98 Å². The van der Waals surface area contributed by atoms with Crippen molar-refractivity contribution in [2.75, 3.05) is 0 Å². The lowest BCUT2D eigenvalue weighted by molar-refractivity contribution is 0.192. The minimum absolute atomic E-state index is 0.158. The van der Waals surface area contributed by atoms with Gasteiger partial charge in [0.25, 0.3) is 5.19 Å². The van der Waals surface area contributed by atoms with Crippen molar-refractivity contribution in [2.45, 2.75) is 33.3 Å². The highest BCUT2D eigenvalue weighted by Gasteiger charge is 2.09. The van der Waals surface area contributed by atoms with E-state index >= 15 is 0 Å². The van der Waals surface area contributed by atoms with Crippen LogP contribution in [0.1, 0.15) is 27.2 Å². The molecule has 1 atom stereocenters. The molecule has 1 aromatic heterocycles. The zero-order valence-corrected chi connectivity index (χ0v) is 8.97. The highest BCUT2D eigenvalue weighted by Crippen LogP contribution is 2.27. The molecule has 0 saturated carbocycles. The number of aromatic nitrogens is 1. The second kappa shape index (κ2) is 4.46. The first-order chi connectivity index (χ1) is 6.08. The summed E-state index contributed by atoms with van der Waals surface area (Å²) in [6, 6.07) is 0. The Balaban J connectivity index is 2.40. The first kappa shape index (κ1) is 10.3. The van der Waals surface area contributed by atoms with Gasteiger partial charge in [0.05, 0.1) is 12.3 Å². The Morgan fingerprint density at radius 3 is 2.69 bits per heavy atom. The fourth-order valence-corrected chi connectivity index (χ4v) is 1.79. The third-order valence-electron chi connectivity index (χ3n) is 1.58. The molecule has 13 heavy (non-hydrogen) atoms. The van der Waals surface area contributed by atoms with Gasteiger partial charge < -0.3 is 9.84 Å². The summed E-state index contributed by atoms with van der Waals surface area (Å²) in [4.78, 5) is 3.91. The Kier molecular flexibility index (Phi) is 3.54. The van der Waals surface area contributed by atoms with Gasteiger partial charge in [0, 0.05) is 0 Å². The topological polar surface area (TPSA) is 42.4 Å². The zero-order chi connectivity index (χ0) is 9.84. The molecule has 0 fully saturated rings. The molecule has 0 bridgehead atoms. The van der Waals surface area contributed by atoms with Crippen LogP contribution in [0, 0.1) is 5.92 Å². The Morgan fingerprint density at radius 2 is 2.23 bits per heavy atom. The maximum absolute atomic E-state index is 9.02. The van der Waals surface area contributed by atoms with E-state index in [1.165, 1.54) is 17.5 Å². The number of nitrogens with zero attached hydrogens (tertiary/aromatic N) is 1. The standard InChI is InChI=1S/C9H15NO2S/c1-6(2)4-7(3)12-9-10-5-8(11)13-9/h5-7,11H,4H2,1-3H3. The molecule has 1 unspecified atom stereocenters. The summed E-state index contributed by atoms with van der Waals surface area (Å²) < 4.78 is 5.49. The molecule has 1 rings (SSSR count). The molecule has 4 heteroatoms. The van der Waals surface area contributed by atoms with E-state index in [0.29, 0.717) is 11.1 Å². The van der Waals surface area contributed by atoms with Crippen LogP contribution >= 0.6 is 11.3 Å². The van der Waals surface area contributed by atoms with Crippen LogP contribution in [0.15, 0.2) is 6.20 Å². The summed E-state index contributed by atoms with van der Waals surface area (Å²) in [5.41, 5.74) is 0. The maximum atomic E-state index is 9.02. The number of aromatic hydroxyl groups is 1. The second-order valence-corrected chi connectivity index (χ2v) is 4.49. The average molecular weight is 201 g/mol. The zero-order valence-electron chi connectivity index (χ0n) is 8.15. The molecule has 0 radical (unpaired) electrons. The lowest BCUT2D eigenvalue weighted by Crippen LogP contribution is -2.14. The van der Waals surface area contributed by atoms with Crippen molar-refractivity contribution in [3.05, 3.63) is 6.20 Å². The molecule has 0 amide bonds. The van der Waals surface area contributed by atoms with Gasteiger partial charge in [-0.1, -0.05) is 13.8 Å². The van der Waals surface area contributed by atoms with Gasteiger partial charge in [-0.2, -0.15) is 0 Å². The van der Waals surface area contributed by atoms with E-state index in [2.05, 4.69) is 18.8 Å². The van der Waals surface area contributed by atoms with Gasteiger partial charge in [-0.15, -0.1) is 0 Å². The molecule has 0 aliphatic carbocycles. The summed E-state index contributed by atoms with van der Waals surface area (Å²) in [6.45, 7) is 6.32. The smallest absolute Gasteiger partial charge is 0.276 e. The molecular formula is C9H15NO2S. The van der Waals surface area contributed by atoms with E-state index in [-0.39, 0.29) is 11.2 Å². The van der Waals surface area contributed by atoms with Gasteiger partial charge in [-0.3, -0.25) is 0 Å². The fraction of sp³-hybridized carbons (Fsp3) is 0.667. The Hall–Kier alpha value is -0.770. The number of hydrogen-bond donors (Lipinski definition) is 1. The maximum Gasteiger partial charge on any atom is 0.276 e. The molecule has 0 saturated heterocycles. The minimum Gasteiger partial charge on any atom is -0.498 e. The molecule has 0 aromatic carbocycles. The number of ether oxygens (including phenoxy) is 1. The van der Waals surface area contributed by atoms with Crippen LogP contribution in [0.4, 0.5) is 0 Å². The first-order valence-electron chi connectivity index (χ1n) is 4.39. The van der Waals surface area contributed by atoms with Gasteiger partial charge >= 0.3 is 0 Å². The van der Waals surface area contributed by atoms with Crippen LogP contribution < -0.4 is 4.74 Å². The molecule has 0 aliphatic rings. The average Bonchev–Trinajstić information content (AvgIpc) is 2.33. The predicted octanol–water partition coefficient (Wildman–Crippen LogP) is 2.66. The molecule has 0 aliphatic heterocycles. The lowest BCUT2D eigenvalue weighted by atomic mass is 10.1. The highest BCUT2D eigenvalue weighted by molar-refractivity contribution is 7.15. The quantitative estimate of drug-likeness (QED) is 0.814. The van der Waals surface area contributed by atoms with Gasteiger partial charge in [0.15, 0.2) is 5.06 Å². The van der Waals surface area contributed by atoms with Crippen LogP contribution in [-0.2, 0) is 0 Å². The van der Waals surface area contributed by atoms with Gasteiger partial charge in [-0.25, -0.2) is 4.98 Å². The Bertz CT molecular complexity index is 260. The van der Waals surface area contributed by atoms with E-state index < -0.39 is 0 Å². The summed E-state index contributed by atoms with van der Waals surface area (Å²) >= 11 is 1.17. The molecule has 0 spiro atoms. The van der Waals surface area contributed by atoms with E-state index in [4.69, 9.17) is 9.84 Å². The SMILES string of the molecule is CC(C)CC(C)Oc1ncc(O)s1. The Labute approximate surface area is 82.4 Å². The van der Waals surface area contributed by atoms with E-state index in [9.17, 15) is 0 Å². The van der Waals surface area contributed by atoms with Gasteiger partial charge in [0.2, 0.25) is 0 Å². The highest BCUT2D eigenvalue weighted by atomic mass is 32.1. The lowest BCUT2D eigenvalue weighted by Gasteiger charge is -2.13. The molecule has 1 N–H and O–H groups in total. The number of thiazole rings is 1. The van der Waals surface area contributed by atoms with Crippen LogP contribution in [0.2, 0.25) is 0 Å². The third-order valence-corrected chi connectivity index (χ3v) is 2.27. The van der Waals surface area contributed by atoms with E-state index in [1.807, 2.05) is 6.92 Å².